The van der Waals surface area contributed by atoms with Crippen LogP contribution in [0.2, 0.25) is 0 Å². The van der Waals surface area contributed by atoms with Gasteiger partial charge in [0.05, 0.1) is 10.7 Å². The van der Waals surface area contributed by atoms with Crippen molar-refractivity contribution in [2.45, 2.75) is 70.8 Å². The first-order valence-corrected chi connectivity index (χ1v) is 8.78. The maximum Gasteiger partial charge on any atom is 0.0897 e. The molecule has 1 heterocycles. The van der Waals surface area contributed by atoms with E-state index in [1.807, 2.05) is 0 Å². The van der Waals surface area contributed by atoms with Gasteiger partial charge >= 0.3 is 0 Å². The molecule has 2 saturated carbocycles. The lowest BCUT2D eigenvalue weighted by Crippen LogP contribution is -2.37. The van der Waals surface area contributed by atoms with Gasteiger partial charge in [0.25, 0.3) is 0 Å². The van der Waals surface area contributed by atoms with Crippen molar-refractivity contribution >= 4 is 11.3 Å². The van der Waals surface area contributed by atoms with Gasteiger partial charge in [0.15, 0.2) is 0 Å². The standard InChI is InChI=1S/C16H26N2S/c1-13-18-15(12-19-13)6-11-17-14-4-9-16(10-5-14)7-2-3-8-16/h12,14,17H,2-11H2,1H3. The molecule has 0 aliphatic heterocycles. The van der Waals surface area contributed by atoms with Crippen LogP contribution in [0, 0.1) is 12.3 Å². The molecule has 2 aliphatic rings. The number of thiazole rings is 1. The zero-order valence-electron chi connectivity index (χ0n) is 12.1. The van der Waals surface area contributed by atoms with E-state index in [0.29, 0.717) is 0 Å². The lowest BCUT2D eigenvalue weighted by atomic mass is 9.71. The molecule has 0 aromatic carbocycles. The van der Waals surface area contributed by atoms with Gasteiger partial charge in [-0.25, -0.2) is 4.98 Å². The highest BCUT2D eigenvalue weighted by atomic mass is 32.1. The van der Waals surface area contributed by atoms with Crippen LogP contribution in [-0.4, -0.2) is 17.6 Å². The molecule has 2 nitrogen and oxygen atoms in total. The second-order valence-corrected chi connectivity index (χ2v) is 7.61. The third-order valence-electron chi connectivity index (χ3n) is 5.19. The second kappa shape index (κ2) is 5.92. The van der Waals surface area contributed by atoms with E-state index in [4.69, 9.17) is 0 Å². The van der Waals surface area contributed by atoms with Crippen LogP contribution in [0.5, 0.6) is 0 Å². The molecule has 0 radical (unpaired) electrons. The molecule has 106 valence electrons. The van der Waals surface area contributed by atoms with E-state index in [-0.39, 0.29) is 0 Å². The fourth-order valence-corrected chi connectivity index (χ4v) is 4.63. The maximum atomic E-state index is 4.53. The zero-order chi connectivity index (χ0) is 13.1. The monoisotopic (exact) mass is 278 g/mol. The van der Waals surface area contributed by atoms with Gasteiger partial charge in [0.1, 0.15) is 0 Å². The Morgan fingerprint density at radius 3 is 2.63 bits per heavy atom. The first kappa shape index (κ1) is 13.6. The highest BCUT2D eigenvalue weighted by Crippen LogP contribution is 2.48. The van der Waals surface area contributed by atoms with Gasteiger partial charge in [-0.2, -0.15) is 0 Å². The van der Waals surface area contributed by atoms with Crippen LogP contribution >= 0.6 is 11.3 Å². The number of hydrogen-bond donors (Lipinski definition) is 1. The van der Waals surface area contributed by atoms with Crippen LogP contribution in [0.4, 0.5) is 0 Å². The molecular weight excluding hydrogens is 252 g/mol. The number of aryl methyl sites for hydroxylation is 1. The van der Waals surface area contributed by atoms with Gasteiger partial charge in [-0.1, -0.05) is 12.8 Å². The number of nitrogens with one attached hydrogen (secondary N) is 1. The summed E-state index contributed by atoms with van der Waals surface area (Å²) in [7, 11) is 0. The minimum atomic E-state index is 0.768. The van der Waals surface area contributed by atoms with Gasteiger partial charge < -0.3 is 5.32 Å². The molecule has 0 bridgehead atoms. The molecule has 3 heteroatoms. The summed E-state index contributed by atoms with van der Waals surface area (Å²) in [5.74, 6) is 0. The highest BCUT2D eigenvalue weighted by Gasteiger charge is 2.37. The lowest BCUT2D eigenvalue weighted by molar-refractivity contribution is 0.169. The van der Waals surface area contributed by atoms with Crippen LogP contribution in [0.15, 0.2) is 5.38 Å². The quantitative estimate of drug-likeness (QED) is 0.897. The van der Waals surface area contributed by atoms with Gasteiger partial charge in [-0.15, -0.1) is 11.3 Å². The fourth-order valence-electron chi connectivity index (χ4n) is 3.99. The van der Waals surface area contributed by atoms with Gasteiger partial charge in [0.2, 0.25) is 0 Å². The topological polar surface area (TPSA) is 24.9 Å². The molecule has 1 aromatic heterocycles. The van der Waals surface area contributed by atoms with E-state index >= 15 is 0 Å². The van der Waals surface area contributed by atoms with E-state index in [9.17, 15) is 0 Å². The summed E-state index contributed by atoms with van der Waals surface area (Å²) in [6, 6.07) is 0.769. The van der Waals surface area contributed by atoms with Crippen LogP contribution < -0.4 is 5.32 Å². The molecule has 1 N–H and O–H groups in total. The predicted molar refractivity (Wildman–Crippen MR) is 81.7 cm³/mol. The van der Waals surface area contributed by atoms with Crippen molar-refractivity contribution in [1.29, 1.82) is 0 Å². The van der Waals surface area contributed by atoms with E-state index in [0.717, 1.165) is 24.4 Å². The molecule has 1 aromatic rings. The average Bonchev–Trinajstić information content (AvgIpc) is 3.02. The normalized spacial score (nSPS) is 23.2. The Balaban J connectivity index is 1.38. The first-order valence-electron chi connectivity index (χ1n) is 7.90. The molecule has 0 amide bonds. The Kier molecular flexibility index (Phi) is 4.23. The number of hydrogen-bond acceptors (Lipinski definition) is 3. The van der Waals surface area contributed by atoms with E-state index in [1.165, 1.54) is 62.1 Å². The number of rotatable bonds is 4. The average molecular weight is 278 g/mol. The smallest absolute Gasteiger partial charge is 0.0897 e. The fraction of sp³-hybridized carbons (Fsp3) is 0.812. The largest absolute Gasteiger partial charge is 0.314 e. The Morgan fingerprint density at radius 1 is 1.26 bits per heavy atom. The first-order chi connectivity index (χ1) is 9.26. The Morgan fingerprint density at radius 2 is 2.00 bits per heavy atom. The SMILES string of the molecule is Cc1nc(CCNC2CCC3(CCCC3)CC2)cs1. The zero-order valence-corrected chi connectivity index (χ0v) is 12.9. The molecule has 0 atom stereocenters. The third-order valence-corrected chi connectivity index (χ3v) is 6.01. The molecule has 2 aliphatic carbocycles. The summed E-state index contributed by atoms with van der Waals surface area (Å²) < 4.78 is 0. The van der Waals surface area contributed by atoms with Gasteiger partial charge in [-0.3, -0.25) is 0 Å². The van der Waals surface area contributed by atoms with Crippen molar-refractivity contribution in [3.8, 4) is 0 Å². The van der Waals surface area contributed by atoms with E-state index < -0.39 is 0 Å². The molecule has 2 fully saturated rings. The van der Waals surface area contributed by atoms with E-state index in [2.05, 4.69) is 22.6 Å². The Bertz CT molecular complexity index is 397. The molecule has 19 heavy (non-hydrogen) atoms. The number of aromatic nitrogens is 1. The van der Waals surface area contributed by atoms with Crippen molar-refractivity contribution in [1.82, 2.24) is 10.3 Å². The summed E-state index contributed by atoms with van der Waals surface area (Å²) in [6.45, 7) is 3.19. The molecule has 1 spiro atoms. The predicted octanol–water partition coefficient (Wildman–Crippen LogP) is 4.09. The maximum absolute atomic E-state index is 4.53. The second-order valence-electron chi connectivity index (χ2n) is 6.54. The van der Waals surface area contributed by atoms with E-state index in [1.54, 1.807) is 11.3 Å². The molecule has 0 unspecified atom stereocenters. The van der Waals surface area contributed by atoms with Crippen LogP contribution in [0.3, 0.4) is 0 Å². The summed E-state index contributed by atoms with van der Waals surface area (Å²) >= 11 is 1.76. The van der Waals surface area contributed by atoms with Gasteiger partial charge in [-0.05, 0) is 50.9 Å². The molecular formula is C16H26N2S. The summed E-state index contributed by atoms with van der Waals surface area (Å²) in [5.41, 5.74) is 2.03. The summed E-state index contributed by atoms with van der Waals surface area (Å²) in [5, 5.41) is 7.14. The van der Waals surface area contributed by atoms with Crippen molar-refractivity contribution < 1.29 is 0 Å². The van der Waals surface area contributed by atoms with Crippen molar-refractivity contribution in [2.24, 2.45) is 5.41 Å². The minimum absolute atomic E-state index is 0.768. The lowest BCUT2D eigenvalue weighted by Gasteiger charge is -2.37. The number of nitrogens with zero attached hydrogens (tertiary/aromatic N) is 1. The van der Waals surface area contributed by atoms with Crippen LogP contribution in [-0.2, 0) is 6.42 Å². The van der Waals surface area contributed by atoms with Crippen molar-refractivity contribution in [2.75, 3.05) is 6.54 Å². The summed E-state index contributed by atoms with van der Waals surface area (Å²) in [6.07, 6.45) is 12.8. The van der Waals surface area contributed by atoms with Crippen LogP contribution in [0.1, 0.15) is 62.1 Å². The molecule has 3 rings (SSSR count). The van der Waals surface area contributed by atoms with Gasteiger partial charge in [0, 0.05) is 24.4 Å². The summed E-state index contributed by atoms with van der Waals surface area (Å²) in [4.78, 5) is 4.53. The molecule has 0 saturated heterocycles. The Labute approximate surface area is 121 Å². The van der Waals surface area contributed by atoms with Crippen molar-refractivity contribution in [3.63, 3.8) is 0 Å². The highest BCUT2D eigenvalue weighted by molar-refractivity contribution is 7.09. The minimum Gasteiger partial charge on any atom is -0.314 e. The van der Waals surface area contributed by atoms with Crippen molar-refractivity contribution in [3.05, 3.63) is 16.1 Å². The van der Waals surface area contributed by atoms with Crippen LogP contribution in [0.25, 0.3) is 0 Å². The third kappa shape index (κ3) is 3.38. The Hall–Kier alpha value is -0.410.